The molecule has 2 aromatic carbocycles. The predicted octanol–water partition coefficient (Wildman–Crippen LogP) is 4.17. The van der Waals surface area contributed by atoms with Crippen LogP contribution < -0.4 is 19.7 Å². The average molecular weight is 635 g/mol. The molecule has 0 radical (unpaired) electrons. The average Bonchev–Trinajstić information content (AvgIpc) is 3.57. The molecule has 0 spiro atoms. The highest BCUT2D eigenvalue weighted by Gasteiger charge is 2.35. The van der Waals surface area contributed by atoms with Gasteiger partial charge in [0.15, 0.2) is 17.3 Å². The molecule has 2 saturated heterocycles. The van der Waals surface area contributed by atoms with Crippen molar-refractivity contribution in [2.24, 2.45) is 5.92 Å². The van der Waals surface area contributed by atoms with E-state index in [0.717, 1.165) is 6.42 Å². The highest BCUT2D eigenvalue weighted by molar-refractivity contribution is 7.80. The first kappa shape index (κ1) is 31.9. The van der Waals surface area contributed by atoms with Gasteiger partial charge in [-0.15, -0.1) is 0 Å². The summed E-state index contributed by atoms with van der Waals surface area (Å²) in [6, 6.07) is 12.1. The number of carbonyl (C=O) groups excluding carboxylic acids is 3. The van der Waals surface area contributed by atoms with Gasteiger partial charge in [0.05, 0.1) is 31.8 Å². The Kier molecular flexibility index (Phi) is 9.96. The van der Waals surface area contributed by atoms with Gasteiger partial charge in [-0.3, -0.25) is 9.59 Å². The Hall–Kier alpha value is -4.52. The number of rotatable bonds is 9. The van der Waals surface area contributed by atoms with Crippen molar-refractivity contribution in [1.82, 2.24) is 19.8 Å². The topological polar surface area (TPSA) is 126 Å². The van der Waals surface area contributed by atoms with Crippen molar-refractivity contribution in [1.29, 1.82) is 0 Å². The van der Waals surface area contributed by atoms with Gasteiger partial charge in [-0.25, -0.2) is 9.78 Å². The molecule has 45 heavy (non-hydrogen) atoms. The van der Waals surface area contributed by atoms with Crippen molar-refractivity contribution in [3.05, 3.63) is 48.0 Å². The Morgan fingerprint density at radius 2 is 1.67 bits per heavy atom. The molecular weight excluding hydrogens is 596 g/mol. The normalized spacial score (nSPS) is 17.2. The van der Waals surface area contributed by atoms with E-state index in [1.807, 2.05) is 34.9 Å². The first-order valence-corrected chi connectivity index (χ1v) is 15.4. The number of piperazine rings is 1. The predicted molar refractivity (Wildman–Crippen MR) is 174 cm³/mol. The Bertz CT molecular complexity index is 1580. The molecule has 3 heterocycles. The van der Waals surface area contributed by atoms with Gasteiger partial charge in [-0.2, -0.15) is 4.98 Å². The number of hydrogen-bond donors (Lipinski definition) is 1. The fraction of sp³-hybridized carbons (Fsp3) is 0.438. The van der Waals surface area contributed by atoms with E-state index in [0.29, 0.717) is 83.9 Å². The van der Waals surface area contributed by atoms with Crippen LogP contribution >= 0.6 is 12.2 Å². The molecule has 2 fully saturated rings. The van der Waals surface area contributed by atoms with Gasteiger partial charge in [0.25, 0.3) is 0 Å². The number of hydrogen-bond acceptors (Lipinski definition) is 10. The maximum atomic E-state index is 13.9. The van der Waals surface area contributed by atoms with E-state index < -0.39 is 6.04 Å². The van der Waals surface area contributed by atoms with Crippen LogP contribution in [0, 0.1) is 5.92 Å². The Labute approximate surface area is 267 Å². The molecular formula is C32H38N6O6S. The number of fused-ring (bicyclic) bond motifs is 1. The lowest BCUT2D eigenvalue weighted by molar-refractivity contribution is -0.119. The van der Waals surface area contributed by atoms with E-state index in [1.54, 1.807) is 43.4 Å². The summed E-state index contributed by atoms with van der Waals surface area (Å²) in [6.45, 7) is 4.44. The summed E-state index contributed by atoms with van der Waals surface area (Å²) >= 11 is 5.84. The molecule has 1 aromatic heterocycles. The number of Topliss-reactive ketones (excluding diaryl/α,β-unsaturated/α-hetero) is 1. The molecule has 12 nitrogen and oxygen atoms in total. The van der Waals surface area contributed by atoms with Crippen molar-refractivity contribution in [2.45, 2.75) is 32.2 Å². The van der Waals surface area contributed by atoms with Crippen LogP contribution in [0.25, 0.3) is 10.9 Å². The Morgan fingerprint density at radius 3 is 2.33 bits per heavy atom. The zero-order chi connectivity index (χ0) is 32.1. The van der Waals surface area contributed by atoms with E-state index in [-0.39, 0.29) is 30.1 Å². The van der Waals surface area contributed by atoms with E-state index in [2.05, 4.69) is 5.32 Å². The number of aromatic nitrogens is 2. The molecule has 2 aliphatic heterocycles. The second-order valence-electron chi connectivity index (χ2n) is 11.1. The molecule has 2 aliphatic rings. The summed E-state index contributed by atoms with van der Waals surface area (Å²) in [5, 5.41) is 3.65. The van der Waals surface area contributed by atoms with E-state index in [1.165, 1.54) is 7.11 Å². The van der Waals surface area contributed by atoms with E-state index >= 15 is 0 Å². The number of amides is 2. The highest BCUT2D eigenvalue weighted by Crippen LogP contribution is 2.35. The maximum Gasteiger partial charge on any atom is 0.409 e. The quantitative estimate of drug-likeness (QED) is 0.269. The number of thiocarbonyl (C=S) groups is 1. The fourth-order valence-corrected chi connectivity index (χ4v) is 6.09. The SMILES string of the molecule is COC(=O)N1CCN(c2nc(NC(=O)[C@H]3CCCN3C(=S)C(C)CC(=O)c3ccccc3)c3cc(OC)c(OC)cc3n2)CC1. The number of nitrogens with one attached hydrogen (secondary N) is 1. The molecule has 1 unspecified atom stereocenters. The molecule has 13 heteroatoms. The molecule has 0 saturated carbocycles. The van der Waals surface area contributed by atoms with Crippen molar-refractivity contribution >= 4 is 57.7 Å². The number of ether oxygens (including phenoxy) is 3. The second kappa shape index (κ2) is 14.1. The molecule has 238 valence electrons. The maximum absolute atomic E-state index is 13.9. The molecule has 2 amide bonds. The van der Waals surface area contributed by atoms with Crippen LogP contribution in [0.2, 0.25) is 0 Å². The lowest BCUT2D eigenvalue weighted by atomic mass is 9.99. The summed E-state index contributed by atoms with van der Waals surface area (Å²) < 4.78 is 15.9. The molecule has 0 aliphatic carbocycles. The summed E-state index contributed by atoms with van der Waals surface area (Å²) in [5.74, 6) is 1.28. The summed E-state index contributed by atoms with van der Waals surface area (Å²) in [6.07, 6.45) is 1.30. The van der Waals surface area contributed by atoms with Gasteiger partial charge in [0.1, 0.15) is 11.9 Å². The third-order valence-electron chi connectivity index (χ3n) is 8.27. The fourth-order valence-electron chi connectivity index (χ4n) is 5.79. The minimum atomic E-state index is -0.510. The van der Waals surface area contributed by atoms with Crippen LogP contribution in [-0.4, -0.2) is 103 Å². The molecule has 3 aromatic rings. The third kappa shape index (κ3) is 6.93. The lowest BCUT2D eigenvalue weighted by Gasteiger charge is -2.34. The standard InChI is InChI=1S/C32H38N6O6S/c1-20(17-25(39)21-9-6-5-7-10-21)30(45)38-12-8-11-24(38)29(40)34-28-22-18-26(42-2)27(43-3)19-23(22)33-31(35-28)36-13-15-37(16-14-36)32(41)44-4/h5-7,9-10,18-20,24H,8,11-17H2,1-4H3,(H,33,34,35,40)/t20?,24-/m1/s1. The number of nitrogens with zero attached hydrogens (tertiary/aromatic N) is 5. The zero-order valence-electron chi connectivity index (χ0n) is 25.9. The van der Waals surface area contributed by atoms with Crippen molar-refractivity contribution in [3.8, 4) is 11.5 Å². The number of likely N-dealkylation sites (tertiary alicyclic amines) is 1. The lowest BCUT2D eigenvalue weighted by Crippen LogP contribution is -2.49. The minimum Gasteiger partial charge on any atom is -0.493 e. The summed E-state index contributed by atoms with van der Waals surface area (Å²) in [4.78, 5) is 54.5. The van der Waals surface area contributed by atoms with Crippen LogP contribution in [0.3, 0.4) is 0 Å². The monoisotopic (exact) mass is 634 g/mol. The number of anilines is 2. The van der Waals surface area contributed by atoms with Gasteiger partial charge >= 0.3 is 6.09 Å². The van der Waals surface area contributed by atoms with E-state index in [9.17, 15) is 14.4 Å². The Morgan fingerprint density at radius 1 is 0.978 bits per heavy atom. The van der Waals surface area contributed by atoms with Crippen molar-refractivity contribution < 1.29 is 28.6 Å². The number of ketones is 1. The zero-order valence-corrected chi connectivity index (χ0v) is 26.8. The first-order chi connectivity index (χ1) is 21.7. The largest absolute Gasteiger partial charge is 0.493 e. The number of methoxy groups -OCH3 is 3. The van der Waals surface area contributed by atoms with Gasteiger partial charge in [0, 0.05) is 62.1 Å². The van der Waals surface area contributed by atoms with Crippen LogP contribution in [-0.2, 0) is 9.53 Å². The number of benzene rings is 2. The third-order valence-corrected chi connectivity index (χ3v) is 8.91. The van der Waals surface area contributed by atoms with Crippen LogP contribution in [0.1, 0.15) is 36.5 Å². The smallest absolute Gasteiger partial charge is 0.409 e. The Balaban J connectivity index is 1.38. The summed E-state index contributed by atoms with van der Waals surface area (Å²) in [5.41, 5.74) is 1.21. The van der Waals surface area contributed by atoms with Gasteiger partial charge < -0.3 is 34.2 Å². The van der Waals surface area contributed by atoms with Gasteiger partial charge in [0.2, 0.25) is 11.9 Å². The van der Waals surface area contributed by atoms with Crippen LogP contribution in [0.5, 0.6) is 11.5 Å². The summed E-state index contributed by atoms with van der Waals surface area (Å²) in [7, 11) is 4.45. The van der Waals surface area contributed by atoms with Crippen LogP contribution in [0.4, 0.5) is 16.6 Å². The highest BCUT2D eigenvalue weighted by atomic mass is 32.1. The second-order valence-corrected chi connectivity index (χ2v) is 11.5. The van der Waals surface area contributed by atoms with Gasteiger partial charge in [-0.1, -0.05) is 49.5 Å². The number of carbonyl (C=O) groups is 3. The van der Waals surface area contributed by atoms with Crippen LogP contribution in [0.15, 0.2) is 42.5 Å². The van der Waals surface area contributed by atoms with Crippen molar-refractivity contribution in [3.63, 3.8) is 0 Å². The molecule has 2 atom stereocenters. The molecule has 1 N–H and O–H groups in total. The first-order valence-electron chi connectivity index (χ1n) is 14.9. The van der Waals surface area contributed by atoms with E-state index in [4.69, 9.17) is 36.4 Å². The van der Waals surface area contributed by atoms with Gasteiger partial charge in [-0.05, 0) is 18.9 Å². The molecule has 5 rings (SSSR count). The minimum absolute atomic E-state index is 0.0161. The van der Waals surface area contributed by atoms with Crippen molar-refractivity contribution in [2.75, 3.05) is 64.3 Å². The molecule has 0 bridgehead atoms.